The maximum Gasteiger partial charge on any atom is 0.241 e. The van der Waals surface area contributed by atoms with Crippen LogP contribution in [0.5, 0.6) is 0 Å². The Kier molecular flexibility index (Phi) is 7.90. The van der Waals surface area contributed by atoms with Crippen molar-refractivity contribution in [3.8, 4) is 0 Å². The Balaban J connectivity index is 1.68. The van der Waals surface area contributed by atoms with Crippen LogP contribution in [0.3, 0.4) is 0 Å². The Bertz CT molecular complexity index is 1450. The second-order valence-corrected chi connectivity index (χ2v) is 12.1. The molecular weight excluding hydrogens is 494 g/mol. The largest absolute Gasteiger partial charge is 0.306 e. The number of carbonyl (C=O) groups excluding carboxylic acids is 1. The molecule has 196 valence electrons. The van der Waals surface area contributed by atoms with Crippen LogP contribution < -0.4 is 0 Å². The van der Waals surface area contributed by atoms with Crippen molar-refractivity contribution in [2.75, 3.05) is 0 Å². The molecule has 0 spiro atoms. The van der Waals surface area contributed by atoms with Crippen molar-refractivity contribution in [2.24, 2.45) is 5.41 Å². The van der Waals surface area contributed by atoms with Gasteiger partial charge in [-0.25, -0.2) is 0 Å². The van der Waals surface area contributed by atoms with Crippen LogP contribution in [0.1, 0.15) is 43.0 Å². The smallest absolute Gasteiger partial charge is 0.241 e. The Morgan fingerprint density at radius 1 is 0.744 bits per heavy atom. The van der Waals surface area contributed by atoms with Crippen molar-refractivity contribution in [1.82, 2.24) is 4.90 Å². The van der Waals surface area contributed by atoms with Gasteiger partial charge < -0.3 is 4.90 Å². The summed E-state index contributed by atoms with van der Waals surface area (Å²) in [5, 5.41) is 0. The SMILES string of the molecule is CC(C)(C)N1C(=O)C(/C=C(\SCc2ccccc2)c2ccccc2)(Cc2ccccc2)C=C1c1ccccc1. The van der Waals surface area contributed by atoms with Gasteiger partial charge in [0, 0.05) is 21.9 Å². The van der Waals surface area contributed by atoms with Crippen LogP contribution in [-0.4, -0.2) is 16.3 Å². The first-order chi connectivity index (χ1) is 18.9. The molecule has 1 atom stereocenters. The zero-order chi connectivity index (χ0) is 27.3. The van der Waals surface area contributed by atoms with Gasteiger partial charge in [-0.1, -0.05) is 127 Å². The van der Waals surface area contributed by atoms with Crippen LogP contribution in [0.25, 0.3) is 10.6 Å². The zero-order valence-corrected chi connectivity index (χ0v) is 23.7. The van der Waals surface area contributed by atoms with Gasteiger partial charge in [0.25, 0.3) is 0 Å². The minimum Gasteiger partial charge on any atom is -0.306 e. The third kappa shape index (κ3) is 6.10. The van der Waals surface area contributed by atoms with Gasteiger partial charge in [0.05, 0.1) is 5.41 Å². The number of hydrogen-bond acceptors (Lipinski definition) is 2. The molecule has 1 amide bonds. The van der Waals surface area contributed by atoms with E-state index in [2.05, 4.69) is 118 Å². The van der Waals surface area contributed by atoms with Crippen LogP contribution in [0.4, 0.5) is 0 Å². The number of hydrogen-bond donors (Lipinski definition) is 0. The third-order valence-electron chi connectivity index (χ3n) is 7.00. The molecule has 3 heteroatoms. The molecule has 0 saturated carbocycles. The van der Waals surface area contributed by atoms with E-state index in [1.54, 1.807) is 11.8 Å². The van der Waals surface area contributed by atoms with Crippen molar-refractivity contribution in [1.29, 1.82) is 0 Å². The number of thioether (sulfide) groups is 1. The summed E-state index contributed by atoms with van der Waals surface area (Å²) in [6.45, 7) is 6.35. The highest BCUT2D eigenvalue weighted by Gasteiger charge is 2.49. The lowest BCUT2D eigenvalue weighted by molar-refractivity contribution is -0.135. The van der Waals surface area contributed by atoms with Crippen LogP contribution in [-0.2, 0) is 17.0 Å². The second kappa shape index (κ2) is 11.5. The van der Waals surface area contributed by atoms with Crippen LogP contribution in [0.15, 0.2) is 133 Å². The summed E-state index contributed by atoms with van der Waals surface area (Å²) in [7, 11) is 0. The van der Waals surface area contributed by atoms with E-state index < -0.39 is 5.41 Å². The Labute approximate surface area is 237 Å². The molecule has 0 aromatic heterocycles. The van der Waals surface area contributed by atoms with Gasteiger partial charge in [-0.05, 0) is 55.5 Å². The average molecular weight is 530 g/mol. The Morgan fingerprint density at radius 2 is 1.26 bits per heavy atom. The first kappa shape index (κ1) is 26.8. The molecule has 1 unspecified atom stereocenters. The fraction of sp³-hybridized carbons (Fsp3) is 0.194. The highest BCUT2D eigenvalue weighted by Crippen LogP contribution is 2.47. The van der Waals surface area contributed by atoms with E-state index in [-0.39, 0.29) is 11.4 Å². The summed E-state index contributed by atoms with van der Waals surface area (Å²) < 4.78 is 0. The summed E-state index contributed by atoms with van der Waals surface area (Å²) in [4.78, 5) is 17.8. The molecule has 4 aromatic carbocycles. The van der Waals surface area contributed by atoms with Gasteiger partial charge in [-0.3, -0.25) is 4.79 Å². The Hall–Kier alpha value is -3.82. The number of nitrogens with zero attached hydrogens (tertiary/aromatic N) is 1. The summed E-state index contributed by atoms with van der Waals surface area (Å²) in [5.74, 6) is 0.946. The van der Waals surface area contributed by atoms with Crippen molar-refractivity contribution in [3.63, 3.8) is 0 Å². The van der Waals surface area contributed by atoms with E-state index in [0.29, 0.717) is 6.42 Å². The van der Waals surface area contributed by atoms with Gasteiger partial charge in [0.1, 0.15) is 0 Å². The first-order valence-electron chi connectivity index (χ1n) is 13.5. The highest BCUT2D eigenvalue weighted by atomic mass is 32.2. The first-order valence-corrected chi connectivity index (χ1v) is 14.5. The quantitative estimate of drug-likeness (QED) is 0.227. The standard InChI is InChI=1S/C36H35NOS/c1-35(2,3)37-32(30-20-12-6-13-21-30)25-36(34(37)38,24-28-16-8-4-9-17-28)26-33(31-22-14-7-15-23-31)39-27-29-18-10-5-11-19-29/h4-23,25-26H,24,27H2,1-3H3/b33-26-. The second-order valence-electron chi connectivity index (χ2n) is 11.1. The summed E-state index contributed by atoms with van der Waals surface area (Å²) in [5.41, 5.74) is 4.35. The minimum absolute atomic E-state index is 0.117. The molecule has 1 aliphatic heterocycles. The fourth-order valence-corrected chi connectivity index (χ4v) is 6.28. The van der Waals surface area contributed by atoms with Gasteiger partial charge in [0.15, 0.2) is 0 Å². The maximum atomic E-state index is 14.7. The Morgan fingerprint density at radius 3 is 1.82 bits per heavy atom. The average Bonchev–Trinajstić information content (AvgIpc) is 3.25. The highest BCUT2D eigenvalue weighted by molar-refractivity contribution is 8.07. The van der Waals surface area contributed by atoms with Crippen molar-refractivity contribution < 1.29 is 4.79 Å². The van der Waals surface area contributed by atoms with E-state index in [1.165, 1.54) is 5.56 Å². The number of carbonyl (C=O) groups is 1. The number of benzene rings is 4. The van der Waals surface area contributed by atoms with Crippen LogP contribution in [0, 0.1) is 5.41 Å². The summed E-state index contributed by atoms with van der Waals surface area (Å²) in [6, 6.07) is 41.7. The van der Waals surface area contributed by atoms with Gasteiger partial charge in [-0.15, -0.1) is 11.8 Å². The van der Waals surface area contributed by atoms with Gasteiger partial charge in [0.2, 0.25) is 5.91 Å². The van der Waals surface area contributed by atoms with Gasteiger partial charge >= 0.3 is 0 Å². The molecule has 0 fully saturated rings. The predicted octanol–water partition coefficient (Wildman–Crippen LogP) is 8.87. The van der Waals surface area contributed by atoms with Crippen LogP contribution >= 0.6 is 11.8 Å². The lowest BCUT2D eigenvalue weighted by Crippen LogP contribution is -2.46. The molecule has 39 heavy (non-hydrogen) atoms. The molecule has 0 aliphatic carbocycles. The molecule has 0 N–H and O–H groups in total. The van der Waals surface area contributed by atoms with E-state index in [1.807, 2.05) is 41.3 Å². The molecule has 4 aromatic rings. The van der Waals surface area contributed by atoms with Crippen LogP contribution in [0.2, 0.25) is 0 Å². The molecule has 1 aliphatic rings. The third-order valence-corrected chi connectivity index (χ3v) is 8.14. The lowest BCUT2D eigenvalue weighted by Gasteiger charge is -2.37. The van der Waals surface area contributed by atoms with E-state index >= 15 is 0 Å². The minimum atomic E-state index is -0.825. The molecule has 1 heterocycles. The van der Waals surface area contributed by atoms with E-state index in [0.717, 1.165) is 33.0 Å². The normalized spacial score (nSPS) is 17.8. The topological polar surface area (TPSA) is 20.3 Å². The van der Waals surface area contributed by atoms with Crippen molar-refractivity contribution in [2.45, 2.75) is 38.5 Å². The maximum absolute atomic E-state index is 14.7. The number of rotatable bonds is 8. The van der Waals surface area contributed by atoms with E-state index in [4.69, 9.17) is 0 Å². The fourth-order valence-electron chi connectivity index (χ4n) is 5.17. The molecular formula is C36H35NOS. The van der Waals surface area contributed by atoms with E-state index in [9.17, 15) is 4.79 Å². The van der Waals surface area contributed by atoms with Gasteiger partial charge in [-0.2, -0.15) is 0 Å². The van der Waals surface area contributed by atoms with Crippen molar-refractivity contribution >= 4 is 28.3 Å². The molecule has 0 saturated heterocycles. The number of amides is 1. The molecule has 0 bridgehead atoms. The predicted molar refractivity (Wildman–Crippen MR) is 166 cm³/mol. The summed E-state index contributed by atoms with van der Waals surface area (Å²) >= 11 is 1.79. The molecule has 5 rings (SSSR count). The zero-order valence-electron chi connectivity index (χ0n) is 22.9. The van der Waals surface area contributed by atoms with Crippen molar-refractivity contribution in [3.05, 3.63) is 156 Å². The summed E-state index contributed by atoms with van der Waals surface area (Å²) in [6.07, 6.45) is 5.05. The molecule has 0 radical (unpaired) electrons. The molecule has 2 nitrogen and oxygen atoms in total. The monoisotopic (exact) mass is 529 g/mol. The lowest BCUT2D eigenvalue weighted by atomic mass is 9.80.